The summed E-state index contributed by atoms with van der Waals surface area (Å²) < 4.78 is 2.08. The third kappa shape index (κ3) is 2.57. The summed E-state index contributed by atoms with van der Waals surface area (Å²) in [6.07, 6.45) is 8.76. The van der Waals surface area contributed by atoms with Gasteiger partial charge in [-0.25, -0.2) is 0 Å². The highest BCUT2D eigenvalue weighted by Gasteiger charge is 2.41. The molecule has 0 spiro atoms. The zero-order valence-electron chi connectivity index (χ0n) is 13.0. The zero-order chi connectivity index (χ0) is 15.1. The molecule has 0 radical (unpaired) electrons. The van der Waals surface area contributed by atoms with E-state index in [1.165, 1.54) is 36.8 Å². The highest BCUT2D eigenvalue weighted by atomic mass is 35.5. The molecule has 2 aliphatic rings. The molecule has 0 N–H and O–H groups in total. The van der Waals surface area contributed by atoms with Gasteiger partial charge in [0.15, 0.2) is 0 Å². The van der Waals surface area contributed by atoms with Crippen molar-refractivity contribution < 1.29 is 0 Å². The fourth-order valence-electron chi connectivity index (χ4n) is 4.22. The molecule has 2 unspecified atom stereocenters. The zero-order valence-corrected chi connectivity index (χ0v) is 13.7. The number of benzene rings is 1. The van der Waals surface area contributed by atoms with Gasteiger partial charge in [-0.1, -0.05) is 35.9 Å². The van der Waals surface area contributed by atoms with Crippen LogP contribution in [0.3, 0.4) is 0 Å². The van der Waals surface area contributed by atoms with Crippen molar-refractivity contribution in [3.63, 3.8) is 0 Å². The Bertz CT molecular complexity index is 652. The number of fused-ring (bicyclic) bond motifs is 2. The molecule has 116 valence electrons. The van der Waals surface area contributed by atoms with Crippen LogP contribution in [0.1, 0.15) is 42.9 Å². The van der Waals surface area contributed by atoms with Gasteiger partial charge in [-0.3, -0.25) is 9.58 Å². The number of aromatic nitrogens is 2. The Balaban J connectivity index is 1.50. The first-order chi connectivity index (χ1) is 10.7. The van der Waals surface area contributed by atoms with Crippen LogP contribution >= 0.6 is 11.6 Å². The SMILES string of the molecule is Cc1ccccc1CN1C2CCC1CC(n1cc(Cl)cn1)C2. The molecule has 0 aliphatic carbocycles. The molecule has 2 bridgehead atoms. The van der Waals surface area contributed by atoms with E-state index in [9.17, 15) is 0 Å². The lowest BCUT2D eigenvalue weighted by Crippen LogP contribution is -2.43. The molecule has 2 atom stereocenters. The lowest BCUT2D eigenvalue weighted by Gasteiger charge is -2.39. The summed E-state index contributed by atoms with van der Waals surface area (Å²) in [6.45, 7) is 3.31. The Hall–Kier alpha value is -1.32. The molecule has 0 saturated carbocycles. The predicted octanol–water partition coefficient (Wildman–Crippen LogP) is 4.21. The van der Waals surface area contributed by atoms with Crippen LogP contribution in [-0.4, -0.2) is 26.8 Å². The maximum absolute atomic E-state index is 6.03. The van der Waals surface area contributed by atoms with Crippen molar-refractivity contribution in [1.82, 2.24) is 14.7 Å². The topological polar surface area (TPSA) is 21.1 Å². The van der Waals surface area contributed by atoms with E-state index < -0.39 is 0 Å². The van der Waals surface area contributed by atoms with E-state index in [2.05, 4.69) is 45.9 Å². The standard InChI is InChI=1S/C18H22ClN3/c1-13-4-2-3-5-14(13)11-21-16-6-7-17(21)9-18(8-16)22-12-15(19)10-20-22/h2-5,10,12,16-18H,6-9,11H2,1H3. The van der Waals surface area contributed by atoms with Gasteiger partial charge in [0, 0.05) is 24.8 Å². The molecular formula is C18H22ClN3. The summed E-state index contributed by atoms with van der Waals surface area (Å²) in [6, 6.07) is 10.7. The predicted molar refractivity (Wildman–Crippen MR) is 89.0 cm³/mol. The molecular weight excluding hydrogens is 294 g/mol. The maximum atomic E-state index is 6.03. The average Bonchev–Trinajstić information content (AvgIpc) is 3.02. The van der Waals surface area contributed by atoms with Gasteiger partial charge in [-0.05, 0) is 43.7 Å². The van der Waals surface area contributed by atoms with E-state index in [-0.39, 0.29) is 0 Å². The fourth-order valence-corrected chi connectivity index (χ4v) is 4.36. The van der Waals surface area contributed by atoms with E-state index >= 15 is 0 Å². The average molecular weight is 316 g/mol. The van der Waals surface area contributed by atoms with Crippen LogP contribution in [0.25, 0.3) is 0 Å². The van der Waals surface area contributed by atoms with Crippen LogP contribution in [-0.2, 0) is 6.54 Å². The Kier molecular flexibility index (Phi) is 3.71. The Morgan fingerprint density at radius 1 is 1.14 bits per heavy atom. The second-order valence-electron chi connectivity index (χ2n) is 6.75. The molecule has 1 aromatic heterocycles. The monoisotopic (exact) mass is 315 g/mol. The quantitative estimate of drug-likeness (QED) is 0.846. The number of halogens is 1. The second-order valence-corrected chi connectivity index (χ2v) is 7.18. The molecule has 2 saturated heterocycles. The number of nitrogens with zero attached hydrogens (tertiary/aromatic N) is 3. The molecule has 2 fully saturated rings. The number of hydrogen-bond acceptors (Lipinski definition) is 2. The summed E-state index contributed by atoms with van der Waals surface area (Å²) in [5.74, 6) is 0. The minimum Gasteiger partial charge on any atom is -0.293 e. The van der Waals surface area contributed by atoms with E-state index in [0.717, 1.165) is 11.6 Å². The van der Waals surface area contributed by atoms with Crippen LogP contribution in [0.5, 0.6) is 0 Å². The van der Waals surface area contributed by atoms with Crippen LogP contribution in [0.15, 0.2) is 36.7 Å². The second kappa shape index (κ2) is 5.71. The third-order valence-electron chi connectivity index (χ3n) is 5.42. The van der Waals surface area contributed by atoms with E-state index in [1.807, 2.05) is 6.20 Å². The maximum Gasteiger partial charge on any atom is 0.0785 e. The number of hydrogen-bond donors (Lipinski definition) is 0. The van der Waals surface area contributed by atoms with Crippen molar-refractivity contribution in [3.05, 3.63) is 52.8 Å². The fraction of sp³-hybridized carbons (Fsp3) is 0.500. The highest BCUT2D eigenvalue weighted by molar-refractivity contribution is 6.30. The van der Waals surface area contributed by atoms with Gasteiger partial charge < -0.3 is 0 Å². The molecule has 4 heteroatoms. The van der Waals surface area contributed by atoms with Gasteiger partial charge in [-0.15, -0.1) is 0 Å². The first-order valence-electron chi connectivity index (χ1n) is 8.20. The van der Waals surface area contributed by atoms with Crippen molar-refractivity contribution in [1.29, 1.82) is 0 Å². The van der Waals surface area contributed by atoms with Gasteiger partial charge in [0.2, 0.25) is 0 Å². The summed E-state index contributed by atoms with van der Waals surface area (Å²) in [7, 11) is 0. The molecule has 4 rings (SSSR count). The molecule has 0 amide bonds. The molecule has 22 heavy (non-hydrogen) atoms. The number of rotatable bonds is 3. The lowest BCUT2D eigenvalue weighted by atomic mass is 9.96. The number of aryl methyl sites for hydroxylation is 1. The lowest BCUT2D eigenvalue weighted by molar-refractivity contribution is 0.0950. The number of piperidine rings is 1. The summed E-state index contributed by atoms with van der Waals surface area (Å²) in [5, 5.41) is 5.17. The largest absolute Gasteiger partial charge is 0.293 e. The molecule has 2 aliphatic heterocycles. The van der Waals surface area contributed by atoms with Crippen LogP contribution in [0.4, 0.5) is 0 Å². The van der Waals surface area contributed by atoms with Crippen LogP contribution < -0.4 is 0 Å². The van der Waals surface area contributed by atoms with Gasteiger partial charge in [0.25, 0.3) is 0 Å². The first-order valence-corrected chi connectivity index (χ1v) is 8.58. The van der Waals surface area contributed by atoms with Gasteiger partial charge in [0.05, 0.1) is 17.3 Å². The summed E-state index contributed by atoms with van der Waals surface area (Å²) in [4.78, 5) is 2.73. The first kappa shape index (κ1) is 14.3. The van der Waals surface area contributed by atoms with Crippen molar-refractivity contribution in [2.45, 2.75) is 57.3 Å². The smallest absolute Gasteiger partial charge is 0.0785 e. The Morgan fingerprint density at radius 2 is 1.86 bits per heavy atom. The van der Waals surface area contributed by atoms with Crippen molar-refractivity contribution in [2.75, 3.05) is 0 Å². The Labute approximate surface area is 136 Å². The van der Waals surface area contributed by atoms with Gasteiger partial charge >= 0.3 is 0 Å². The van der Waals surface area contributed by atoms with Crippen molar-refractivity contribution >= 4 is 11.6 Å². The molecule has 2 aromatic rings. The van der Waals surface area contributed by atoms with Crippen LogP contribution in [0.2, 0.25) is 5.02 Å². The van der Waals surface area contributed by atoms with E-state index in [4.69, 9.17) is 11.6 Å². The molecule has 3 heterocycles. The molecule has 3 nitrogen and oxygen atoms in total. The normalized spacial score (nSPS) is 28.2. The van der Waals surface area contributed by atoms with Crippen molar-refractivity contribution in [3.8, 4) is 0 Å². The van der Waals surface area contributed by atoms with E-state index in [1.54, 1.807) is 6.20 Å². The minimum absolute atomic E-state index is 0.512. The van der Waals surface area contributed by atoms with Gasteiger partial charge in [-0.2, -0.15) is 5.10 Å². The van der Waals surface area contributed by atoms with E-state index in [0.29, 0.717) is 18.1 Å². The summed E-state index contributed by atoms with van der Waals surface area (Å²) in [5.41, 5.74) is 2.88. The minimum atomic E-state index is 0.512. The van der Waals surface area contributed by atoms with Crippen LogP contribution in [0, 0.1) is 6.92 Å². The van der Waals surface area contributed by atoms with Gasteiger partial charge in [0.1, 0.15) is 0 Å². The van der Waals surface area contributed by atoms with Crippen molar-refractivity contribution in [2.24, 2.45) is 0 Å². The molecule has 1 aromatic carbocycles. The third-order valence-corrected chi connectivity index (χ3v) is 5.61. The summed E-state index contributed by atoms with van der Waals surface area (Å²) >= 11 is 6.03. The Morgan fingerprint density at radius 3 is 2.50 bits per heavy atom. The highest BCUT2D eigenvalue weighted by Crippen LogP contribution is 2.41.